The Morgan fingerprint density at radius 1 is 1.42 bits per heavy atom. The normalized spacial score (nSPS) is 22.1. The number of aliphatic hydroxyl groups is 1. The van der Waals surface area contributed by atoms with Crippen LogP contribution in [0.1, 0.15) is 27.7 Å². The molecule has 0 aromatic heterocycles. The van der Waals surface area contributed by atoms with Crippen LogP contribution in [-0.2, 0) is 9.47 Å². The fourth-order valence-electron chi connectivity index (χ4n) is 2.08. The Morgan fingerprint density at radius 3 is 2.79 bits per heavy atom. The lowest BCUT2D eigenvalue weighted by Crippen LogP contribution is -2.53. The molecule has 1 aliphatic heterocycles. The molecule has 0 aromatic carbocycles. The molecule has 2 N–H and O–H groups in total. The molecule has 114 valence electrons. The highest BCUT2D eigenvalue weighted by molar-refractivity contribution is 4.78. The Bertz CT molecular complexity index is 247. The van der Waals surface area contributed by atoms with Crippen molar-refractivity contribution < 1.29 is 14.6 Å². The van der Waals surface area contributed by atoms with Gasteiger partial charge in [-0.2, -0.15) is 0 Å². The number of piperazine rings is 1. The zero-order chi connectivity index (χ0) is 14.3. The van der Waals surface area contributed by atoms with E-state index in [0.29, 0.717) is 13.2 Å². The first-order valence-corrected chi connectivity index (χ1v) is 7.25. The Hall–Kier alpha value is -0.200. The predicted molar refractivity (Wildman–Crippen MR) is 76.4 cm³/mol. The minimum atomic E-state index is -0.241. The molecule has 1 atom stereocenters. The maximum atomic E-state index is 9.15. The first-order chi connectivity index (χ1) is 8.93. The van der Waals surface area contributed by atoms with Crippen LogP contribution in [0.3, 0.4) is 0 Å². The standard InChI is InChI=1S/C14H30N2O3/c1-12(2)18-11-14(3,4)19-8-7-16-6-5-15-13(9-16)10-17/h12-13,15,17H,5-11H2,1-4H3. The van der Waals surface area contributed by atoms with Gasteiger partial charge < -0.3 is 19.9 Å². The number of aliphatic hydroxyl groups excluding tert-OH is 1. The van der Waals surface area contributed by atoms with Gasteiger partial charge in [0, 0.05) is 32.2 Å². The van der Waals surface area contributed by atoms with Gasteiger partial charge >= 0.3 is 0 Å². The molecule has 5 nitrogen and oxygen atoms in total. The predicted octanol–water partition coefficient (Wildman–Crippen LogP) is 0.473. The van der Waals surface area contributed by atoms with Gasteiger partial charge in [-0.25, -0.2) is 0 Å². The SMILES string of the molecule is CC(C)OCC(C)(C)OCCN1CCNC(CO)C1. The summed E-state index contributed by atoms with van der Waals surface area (Å²) >= 11 is 0. The fraction of sp³-hybridized carbons (Fsp3) is 1.00. The summed E-state index contributed by atoms with van der Waals surface area (Å²) in [7, 11) is 0. The van der Waals surface area contributed by atoms with Crippen molar-refractivity contribution in [2.24, 2.45) is 0 Å². The third-order valence-electron chi connectivity index (χ3n) is 3.22. The molecule has 1 fully saturated rings. The Morgan fingerprint density at radius 2 is 2.16 bits per heavy atom. The average molecular weight is 274 g/mol. The van der Waals surface area contributed by atoms with E-state index in [4.69, 9.17) is 14.6 Å². The number of nitrogens with one attached hydrogen (secondary N) is 1. The molecule has 1 unspecified atom stereocenters. The minimum Gasteiger partial charge on any atom is -0.395 e. The molecule has 0 bridgehead atoms. The van der Waals surface area contributed by atoms with Gasteiger partial charge in [0.05, 0.1) is 31.5 Å². The Kier molecular flexibility index (Phi) is 7.25. The molecule has 1 aliphatic rings. The third-order valence-corrected chi connectivity index (χ3v) is 3.22. The molecule has 0 aliphatic carbocycles. The van der Waals surface area contributed by atoms with Gasteiger partial charge in [-0.05, 0) is 27.7 Å². The van der Waals surface area contributed by atoms with Gasteiger partial charge in [0.2, 0.25) is 0 Å². The second-order valence-corrected chi connectivity index (χ2v) is 6.10. The third kappa shape index (κ3) is 7.22. The lowest BCUT2D eigenvalue weighted by atomic mass is 10.1. The summed E-state index contributed by atoms with van der Waals surface area (Å²) in [5.41, 5.74) is -0.241. The monoisotopic (exact) mass is 274 g/mol. The van der Waals surface area contributed by atoms with Crippen molar-refractivity contribution in [2.75, 3.05) is 46.0 Å². The Balaban J connectivity index is 2.18. The second kappa shape index (κ2) is 8.17. The van der Waals surface area contributed by atoms with Crippen LogP contribution in [0.25, 0.3) is 0 Å². The lowest BCUT2D eigenvalue weighted by molar-refractivity contribution is -0.0923. The molecule has 1 heterocycles. The van der Waals surface area contributed by atoms with Crippen molar-refractivity contribution in [3.05, 3.63) is 0 Å². The summed E-state index contributed by atoms with van der Waals surface area (Å²) in [5.74, 6) is 0. The van der Waals surface area contributed by atoms with Crippen LogP contribution in [0, 0.1) is 0 Å². The topological polar surface area (TPSA) is 54.0 Å². The smallest absolute Gasteiger partial charge is 0.0859 e. The molecule has 0 aromatic rings. The highest BCUT2D eigenvalue weighted by Gasteiger charge is 2.21. The van der Waals surface area contributed by atoms with Crippen molar-refractivity contribution in [1.29, 1.82) is 0 Å². The van der Waals surface area contributed by atoms with Gasteiger partial charge in [0.25, 0.3) is 0 Å². The maximum absolute atomic E-state index is 9.15. The van der Waals surface area contributed by atoms with Gasteiger partial charge in [-0.3, -0.25) is 4.90 Å². The average Bonchev–Trinajstić information content (AvgIpc) is 2.37. The van der Waals surface area contributed by atoms with E-state index in [1.165, 1.54) is 0 Å². The van der Waals surface area contributed by atoms with Crippen LogP contribution in [0.15, 0.2) is 0 Å². The summed E-state index contributed by atoms with van der Waals surface area (Å²) in [4.78, 5) is 2.33. The van der Waals surface area contributed by atoms with Crippen molar-refractivity contribution in [1.82, 2.24) is 10.2 Å². The summed E-state index contributed by atoms with van der Waals surface area (Å²) < 4.78 is 11.5. The molecule has 5 heteroatoms. The van der Waals surface area contributed by atoms with E-state index in [-0.39, 0.29) is 24.4 Å². The molecular weight excluding hydrogens is 244 g/mol. The molecule has 0 radical (unpaired) electrons. The van der Waals surface area contributed by atoms with Gasteiger partial charge in [-0.15, -0.1) is 0 Å². The second-order valence-electron chi connectivity index (χ2n) is 6.10. The van der Waals surface area contributed by atoms with E-state index in [1.54, 1.807) is 0 Å². The first-order valence-electron chi connectivity index (χ1n) is 7.25. The van der Waals surface area contributed by atoms with E-state index in [1.807, 2.05) is 13.8 Å². The highest BCUT2D eigenvalue weighted by atomic mass is 16.5. The van der Waals surface area contributed by atoms with Gasteiger partial charge in [0.15, 0.2) is 0 Å². The van der Waals surface area contributed by atoms with Crippen molar-refractivity contribution in [3.63, 3.8) is 0 Å². The summed E-state index contributed by atoms with van der Waals surface area (Å²) in [6.07, 6.45) is 0.237. The number of rotatable bonds is 8. The number of hydrogen-bond acceptors (Lipinski definition) is 5. The van der Waals surface area contributed by atoms with E-state index in [2.05, 4.69) is 24.1 Å². The van der Waals surface area contributed by atoms with Crippen LogP contribution in [0.5, 0.6) is 0 Å². The quantitative estimate of drug-likeness (QED) is 0.674. The zero-order valence-electron chi connectivity index (χ0n) is 12.8. The lowest BCUT2D eigenvalue weighted by Gasteiger charge is -2.34. The fourth-order valence-corrected chi connectivity index (χ4v) is 2.08. The largest absolute Gasteiger partial charge is 0.395 e. The number of hydrogen-bond donors (Lipinski definition) is 2. The van der Waals surface area contributed by atoms with Gasteiger partial charge in [-0.1, -0.05) is 0 Å². The molecule has 1 saturated heterocycles. The summed E-state index contributed by atoms with van der Waals surface area (Å²) in [6.45, 7) is 13.5. The van der Waals surface area contributed by atoms with Crippen molar-refractivity contribution >= 4 is 0 Å². The molecular formula is C14H30N2O3. The summed E-state index contributed by atoms with van der Waals surface area (Å²) in [6, 6.07) is 0.200. The van der Waals surface area contributed by atoms with Crippen molar-refractivity contribution in [2.45, 2.75) is 45.4 Å². The van der Waals surface area contributed by atoms with E-state index >= 15 is 0 Å². The molecule has 0 spiro atoms. The van der Waals surface area contributed by atoms with E-state index in [0.717, 1.165) is 26.2 Å². The number of ether oxygens (including phenoxy) is 2. The Labute approximate surface area is 117 Å². The van der Waals surface area contributed by atoms with Crippen LogP contribution in [0.4, 0.5) is 0 Å². The van der Waals surface area contributed by atoms with Crippen LogP contribution in [-0.4, -0.2) is 73.8 Å². The van der Waals surface area contributed by atoms with Crippen molar-refractivity contribution in [3.8, 4) is 0 Å². The molecule has 0 saturated carbocycles. The molecule has 0 amide bonds. The maximum Gasteiger partial charge on any atom is 0.0859 e. The van der Waals surface area contributed by atoms with Gasteiger partial charge in [0.1, 0.15) is 0 Å². The first kappa shape index (κ1) is 16.9. The van der Waals surface area contributed by atoms with E-state index in [9.17, 15) is 0 Å². The summed E-state index contributed by atoms with van der Waals surface area (Å²) in [5, 5.41) is 12.4. The van der Waals surface area contributed by atoms with Crippen LogP contribution < -0.4 is 5.32 Å². The van der Waals surface area contributed by atoms with Crippen LogP contribution >= 0.6 is 0 Å². The highest BCUT2D eigenvalue weighted by Crippen LogP contribution is 2.11. The molecule has 1 rings (SSSR count). The minimum absolute atomic E-state index is 0.199. The zero-order valence-corrected chi connectivity index (χ0v) is 12.8. The number of nitrogens with zero attached hydrogens (tertiary/aromatic N) is 1. The molecule has 19 heavy (non-hydrogen) atoms. The van der Waals surface area contributed by atoms with Crippen LogP contribution in [0.2, 0.25) is 0 Å². The van der Waals surface area contributed by atoms with E-state index < -0.39 is 0 Å².